The molecule has 0 saturated carbocycles. The van der Waals surface area contributed by atoms with E-state index in [1.807, 2.05) is 6.07 Å². The number of aryl methyl sites for hydroxylation is 1. The molecule has 0 bridgehead atoms. The number of nitrogens with zero attached hydrogens (tertiary/aromatic N) is 4. The Balaban J connectivity index is 2.42. The first kappa shape index (κ1) is 12.8. The van der Waals surface area contributed by atoms with Gasteiger partial charge < -0.3 is 5.73 Å². The Kier molecular flexibility index (Phi) is 3.35. The fourth-order valence-electron chi connectivity index (χ4n) is 1.24. The van der Waals surface area contributed by atoms with Gasteiger partial charge in [-0.15, -0.1) is 0 Å². The molecule has 96 valence electrons. The molecule has 0 amide bonds. The van der Waals surface area contributed by atoms with Crippen LogP contribution in [0.25, 0.3) is 0 Å². The lowest BCUT2D eigenvalue weighted by Gasteiger charge is -2.05. The van der Waals surface area contributed by atoms with E-state index in [1.165, 1.54) is 10.7 Å². The van der Waals surface area contributed by atoms with Crippen LogP contribution in [-0.4, -0.2) is 19.7 Å². The van der Waals surface area contributed by atoms with Crippen LogP contribution < -0.4 is 16.9 Å². The molecule has 2 aromatic heterocycles. The molecule has 0 fully saturated rings. The zero-order valence-electron chi connectivity index (χ0n) is 9.75. The minimum absolute atomic E-state index is 0.0967. The van der Waals surface area contributed by atoms with Crippen molar-refractivity contribution in [2.45, 2.75) is 10.2 Å². The summed E-state index contributed by atoms with van der Waals surface area (Å²) in [5.74, 6) is 0. The van der Waals surface area contributed by atoms with Crippen molar-refractivity contribution < 1.29 is 0 Å². The second-order valence-electron chi connectivity index (χ2n) is 3.50. The highest BCUT2D eigenvalue weighted by Gasteiger charge is 2.09. The number of H-pyrrole nitrogens is 1. The summed E-state index contributed by atoms with van der Waals surface area (Å²) in [6, 6.07) is 5.00. The average Bonchev–Trinajstić information content (AvgIpc) is 2.38. The fraction of sp³-hybridized carbons (Fsp3) is 0.100. The molecule has 0 radical (unpaired) electrons. The molecule has 0 aliphatic heterocycles. The standard InChI is InChI=1S/C10H8N6O2S/c1-16-10(14-8(17)9(18)15-16)19-7-3-2-5(12)6(4-11)13-7/h2-3H,12H2,1H3,(H,15,18). The van der Waals surface area contributed by atoms with Crippen molar-refractivity contribution in [2.75, 3.05) is 5.73 Å². The van der Waals surface area contributed by atoms with Gasteiger partial charge in [-0.2, -0.15) is 10.2 Å². The minimum Gasteiger partial charge on any atom is -0.396 e. The van der Waals surface area contributed by atoms with Gasteiger partial charge in [-0.25, -0.2) is 4.98 Å². The molecule has 2 aromatic rings. The van der Waals surface area contributed by atoms with Crippen LogP contribution in [0.2, 0.25) is 0 Å². The predicted molar refractivity (Wildman–Crippen MR) is 67.6 cm³/mol. The highest BCUT2D eigenvalue weighted by atomic mass is 32.2. The zero-order valence-corrected chi connectivity index (χ0v) is 10.6. The van der Waals surface area contributed by atoms with Gasteiger partial charge in [0.15, 0.2) is 10.9 Å². The molecule has 3 N–H and O–H groups in total. The highest BCUT2D eigenvalue weighted by molar-refractivity contribution is 7.99. The summed E-state index contributed by atoms with van der Waals surface area (Å²) in [4.78, 5) is 29.9. The lowest BCUT2D eigenvalue weighted by molar-refractivity contribution is 0.596. The molecular weight excluding hydrogens is 268 g/mol. The van der Waals surface area contributed by atoms with E-state index in [2.05, 4.69) is 15.1 Å². The molecule has 0 unspecified atom stereocenters. The number of hydrogen-bond acceptors (Lipinski definition) is 7. The maximum absolute atomic E-state index is 11.2. The van der Waals surface area contributed by atoms with Crippen molar-refractivity contribution in [3.05, 3.63) is 38.5 Å². The lowest BCUT2D eigenvalue weighted by atomic mass is 10.3. The van der Waals surface area contributed by atoms with Crippen LogP contribution >= 0.6 is 11.8 Å². The highest BCUT2D eigenvalue weighted by Crippen LogP contribution is 2.23. The Labute approximate surface area is 110 Å². The number of aromatic amines is 1. The van der Waals surface area contributed by atoms with Crippen LogP contribution in [0, 0.1) is 11.3 Å². The molecular formula is C10H8N6O2S. The number of nitrogen functional groups attached to an aromatic ring is 1. The van der Waals surface area contributed by atoms with E-state index in [4.69, 9.17) is 11.0 Å². The molecule has 0 atom stereocenters. The molecule has 0 saturated heterocycles. The van der Waals surface area contributed by atoms with Crippen LogP contribution in [0.5, 0.6) is 0 Å². The van der Waals surface area contributed by atoms with Gasteiger partial charge in [0.1, 0.15) is 11.1 Å². The number of pyridine rings is 1. The van der Waals surface area contributed by atoms with Gasteiger partial charge in [-0.05, 0) is 23.9 Å². The number of hydrogen-bond donors (Lipinski definition) is 2. The molecule has 0 aromatic carbocycles. The fourth-order valence-corrected chi connectivity index (χ4v) is 2.02. The number of nitrogens with one attached hydrogen (secondary N) is 1. The van der Waals surface area contributed by atoms with Crippen molar-refractivity contribution in [3.8, 4) is 6.07 Å². The minimum atomic E-state index is -0.878. The molecule has 0 aliphatic carbocycles. The molecule has 2 rings (SSSR count). The summed E-state index contributed by atoms with van der Waals surface area (Å²) in [6.07, 6.45) is 0. The van der Waals surface area contributed by atoms with Crippen LogP contribution in [0.4, 0.5) is 5.69 Å². The van der Waals surface area contributed by atoms with E-state index in [0.29, 0.717) is 5.03 Å². The Morgan fingerprint density at radius 1 is 1.42 bits per heavy atom. The van der Waals surface area contributed by atoms with E-state index >= 15 is 0 Å². The summed E-state index contributed by atoms with van der Waals surface area (Å²) in [5, 5.41) is 11.8. The number of aromatic nitrogens is 4. The lowest BCUT2D eigenvalue weighted by Crippen LogP contribution is -2.33. The second kappa shape index (κ2) is 4.95. The van der Waals surface area contributed by atoms with Crippen LogP contribution in [0.15, 0.2) is 31.9 Å². The van der Waals surface area contributed by atoms with E-state index < -0.39 is 11.1 Å². The van der Waals surface area contributed by atoms with Crippen molar-refractivity contribution in [3.63, 3.8) is 0 Å². The molecule has 9 heteroatoms. The van der Waals surface area contributed by atoms with Crippen molar-refractivity contribution in [2.24, 2.45) is 7.05 Å². The first-order chi connectivity index (χ1) is 9.01. The van der Waals surface area contributed by atoms with E-state index in [0.717, 1.165) is 11.8 Å². The van der Waals surface area contributed by atoms with Crippen LogP contribution in [0.3, 0.4) is 0 Å². The first-order valence-electron chi connectivity index (χ1n) is 5.03. The third-order valence-electron chi connectivity index (χ3n) is 2.15. The average molecular weight is 276 g/mol. The smallest absolute Gasteiger partial charge is 0.339 e. The van der Waals surface area contributed by atoms with Gasteiger partial charge in [-0.3, -0.25) is 19.4 Å². The maximum atomic E-state index is 11.2. The topological polar surface area (TPSA) is 130 Å². The number of nitriles is 1. The molecule has 8 nitrogen and oxygen atoms in total. The monoisotopic (exact) mass is 276 g/mol. The molecule has 2 heterocycles. The first-order valence-corrected chi connectivity index (χ1v) is 5.84. The zero-order chi connectivity index (χ0) is 14.0. The summed E-state index contributed by atoms with van der Waals surface area (Å²) >= 11 is 1.04. The van der Waals surface area contributed by atoms with Gasteiger partial charge in [0.25, 0.3) is 0 Å². The quantitative estimate of drug-likeness (QED) is 0.705. The van der Waals surface area contributed by atoms with Gasteiger partial charge in [-0.1, -0.05) is 0 Å². The van der Waals surface area contributed by atoms with Crippen LogP contribution in [-0.2, 0) is 7.05 Å². The van der Waals surface area contributed by atoms with E-state index in [1.54, 1.807) is 13.1 Å². The summed E-state index contributed by atoms with van der Waals surface area (Å²) in [5.41, 5.74) is 4.25. The van der Waals surface area contributed by atoms with Gasteiger partial charge in [0.05, 0.1) is 5.69 Å². The summed E-state index contributed by atoms with van der Waals surface area (Å²) in [6.45, 7) is 0. The van der Waals surface area contributed by atoms with Crippen LogP contribution in [0.1, 0.15) is 5.69 Å². The van der Waals surface area contributed by atoms with Gasteiger partial charge in [0, 0.05) is 7.05 Å². The third-order valence-corrected chi connectivity index (χ3v) is 3.13. The maximum Gasteiger partial charge on any atom is 0.339 e. The number of rotatable bonds is 2. The van der Waals surface area contributed by atoms with Crippen molar-refractivity contribution in [1.82, 2.24) is 19.7 Å². The van der Waals surface area contributed by atoms with Crippen molar-refractivity contribution in [1.29, 1.82) is 5.26 Å². The van der Waals surface area contributed by atoms with Crippen molar-refractivity contribution >= 4 is 17.4 Å². The largest absolute Gasteiger partial charge is 0.396 e. The van der Waals surface area contributed by atoms with E-state index in [9.17, 15) is 9.59 Å². The summed E-state index contributed by atoms with van der Waals surface area (Å²) in [7, 11) is 1.54. The number of anilines is 1. The molecule has 0 aliphatic rings. The Morgan fingerprint density at radius 3 is 2.84 bits per heavy atom. The SMILES string of the molecule is Cn1[nH]c(=O)c(=O)nc1Sc1ccc(N)c(C#N)n1. The number of nitrogens with two attached hydrogens (primary N) is 1. The van der Waals surface area contributed by atoms with Gasteiger partial charge in [0.2, 0.25) is 0 Å². The summed E-state index contributed by atoms with van der Waals surface area (Å²) < 4.78 is 1.30. The Morgan fingerprint density at radius 2 is 2.16 bits per heavy atom. The molecule has 0 spiro atoms. The van der Waals surface area contributed by atoms with E-state index in [-0.39, 0.29) is 16.5 Å². The van der Waals surface area contributed by atoms with Gasteiger partial charge >= 0.3 is 11.1 Å². The third kappa shape index (κ3) is 2.63. The predicted octanol–water partition coefficient (Wildman–Crippen LogP) is -0.531. The Bertz CT molecular complexity index is 788. The second-order valence-corrected chi connectivity index (χ2v) is 4.49. The Hall–Kier alpha value is -2.60. The molecule has 19 heavy (non-hydrogen) atoms. The normalized spacial score (nSPS) is 10.1.